The van der Waals surface area contributed by atoms with E-state index in [2.05, 4.69) is 0 Å². The molecule has 0 aliphatic carbocycles. The molecule has 0 heterocycles. The Balaban J connectivity index is 4.00. The minimum Gasteiger partial charge on any atom is -0.345 e. The number of likely N-dealkylation sites (N-methyl/N-ethyl adjacent to an activating group) is 1. The lowest BCUT2D eigenvalue weighted by Gasteiger charge is -2.06. The molecule has 0 aliphatic heterocycles. The quantitative estimate of drug-likeness (QED) is 0.533. The molecule has 0 aliphatic rings. The first-order chi connectivity index (χ1) is 4.57. The van der Waals surface area contributed by atoms with Crippen LogP contribution in [0.1, 0.15) is 20.3 Å². The summed E-state index contributed by atoms with van der Waals surface area (Å²) in [6.45, 7) is 4.00. The van der Waals surface area contributed by atoms with E-state index in [-0.39, 0.29) is 5.91 Å². The monoisotopic (exact) mass is 141 g/mol. The summed E-state index contributed by atoms with van der Waals surface area (Å²) in [7, 11) is 3.50. The second kappa shape index (κ2) is 4.09. The average molecular weight is 141 g/mol. The van der Waals surface area contributed by atoms with Crippen LogP contribution in [0.4, 0.5) is 0 Å². The van der Waals surface area contributed by atoms with Crippen LogP contribution in [0.5, 0.6) is 0 Å². The zero-order valence-corrected chi connectivity index (χ0v) is 7.14. The minimum absolute atomic E-state index is 0.0688. The molecule has 0 saturated heterocycles. The number of hydrogen-bond acceptors (Lipinski definition) is 1. The Morgan fingerprint density at radius 3 is 2.30 bits per heavy atom. The van der Waals surface area contributed by atoms with Crippen LogP contribution in [0.3, 0.4) is 0 Å². The highest BCUT2D eigenvalue weighted by atomic mass is 16.2. The molecule has 0 radical (unpaired) electrons. The molecule has 0 N–H and O–H groups in total. The maximum Gasteiger partial charge on any atom is 0.245 e. The van der Waals surface area contributed by atoms with Crippen LogP contribution in [0, 0.1) is 0 Å². The molecule has 0 fully saturated rings. The van der Waals surface area contributed by atoms with Gasteiger partial charge in [0.15, 0.2) is 0 Å². The van der Waals surface area contributed by atoms with Crippen molar-refractivity contribution in [2.75, 3.05) is 14.1 Å². The first-order valence-electron chi connectivity index (χ1n) is 3.46. The van der Waals surface area contributed by atoms with Gasteiger partial charge >= 0.3 is 0 Å². The van der Waals surface area contributed by atoms with Crippen molar-refractivity contribution in [3.63, 3.8) is 0 Å². The Labute approximate surface area is 62.5 Å². The first-order valence-corrected chi connectivity index (χ1v) is 3.46. The summed E-state index contributed by atoms with van der Waals surface area (Å²) < 4.78 is 0. The van der Waals surface area contributed by atoms with Crippen molar-refractivity contribution < 1.29 is 4.79 Å². The van der Waals surface area contributed by atoms with Gasteiger partial charge in [-0.15, -0.1) is 0 Å². The van der Waals surface area contributed by atoms with Crippen molar-refractivity contribution in [3.05, 3.63) is 11.6 Å². The summed E-state index contributed by atoms with van der Waals surface area (Å²) in [6.07, 6.45) is 2.61. The summed E-state index contributed by atoms with van der Waals surface area (Å²) in [5.41, 5.74) is 1.12. The van der Waals surface area contributed by atoms with Crippen molar-refractivity contribution in [3.8, 4) is 0 Å². The number of amides is 1. The number of hydrogen-bond donors (Lipinski definition) is 0. The topological polar surface area (TPSA) is 20.3 Å². The third-order valence-electron chi connectivity index (χ3n) is 1.37. The highest BCUT2D eigenvalue weighted by Gasteiger charge is 1.97. The number of carbonyl (C=O) groups is 1. The van der Waals surface area contributed by atoms with Crippen LogP contribution in [-0.2, 0) is 4.79 Å². The van der Waals surface area contributed by atoms with Gasteiger partial charge in [0, 0.05) is 20.2 Å². The van der Waals surface area contributed by atoms with Crippen molar-refractivity contribution in [2.24, 2.45) is 0 Å². The SMILES string of the molecule is CC/C(C)=C\C(=O)N(C)C. The van der Waals surface area contributed by atoms with Gasteiger partial charge in [-0.1, -0.05) is 12.5 Å². The summed E-state index contributed by atoms with van der Waals surface area (Å²) in [4.78, 5) is 12.5. The van der Waals surface area contributed by atoms with Crippen molar-refractivity contribution in [1.82, 2.24) is 4.90 Å². The number of nitrogens with zero attached hydrogens (tertiary/aromatic N) is 1. The fraction of sp³-hybridized carbons (Fsp3) is 0.625. The largest absolute Gasteiger partial charge is 0.345 e. The third kappa shape index (κ3) is 3.28. The van der Waals surface area contributed by atoms with Crippen LogP contribution in [0.15, 0.2) is 11.6 Å². The second-order valence-electron chi connectivity index (χ2n) is 2.58. The summed E-state index contributed by atoms with van der Waals surface area (Å²) in [6, 6.07) is 0. The zero-order valence-electron chi connectivity index (χ0n) is 7.14. The third-order valence-corrected chi connectivity index (χ3v) is 1.37. The van der Waals surface area contributed by atoms with Crippen molar-refractivity contribution in [1.29, 1.82) is 0 Å². The van der Waals surface area contributed by atoms with E-state index in [1.807, 2.05) is 13.8 Å². The van der Waals surface area contributed by atoms with Gasteiger partial charge in [0.1, 0.15) is 0 Å². The molecule has 1 amide bonds. The molecule has 58 valence electrons. The van der Waals surface area contributed by atoms with Crippen LogP contribution >= 0.6 is 0 Å². The van der Waals surface area contributed by atoms with E-state index < -0.39 is 0 Å². The molecule has 0 saturated carbocycles. The van der Waals surface area contributed by atoms with Gasteiger partial charge in [-0.3, -0.25) is 4.79 Å². The van der Waals surface area contributed by atoms with E-state index in [1.165, 1.54) is 0 Å². The van der Waals surface area contributed by atoms with Gasteiger partial charge in [-0.05, 0) is 13.3 Å². The van der Waals surface area contributed by atoms with E-state index in [0.29, 0.717) is 0 Å². The molecule has 0 atom stereocenters. The smallest absolute Gasteiger partial charge is 0.245 e. The fourth-order valence-electron chi connectivity index (χ4n) is 0.442. The first kappa shape index (κ1) is 9.21. The van der Waals surface area contributed by atoms with Gasteiger partial charge < -0.3 is 4.90 Å². The molecule has 0 spiro atoms. The van der Waals surface area contributed by atoms with Gasteiger partial charge in [0.25, 0.3) is 0 Å². The molecule has 0 unspecified atom stereocenters. The molecule has 0 aromatic rings. The Morgan fingerprint density at radius 1 is 1.50 bits per heavy atom. The van der Waals surface area contributed by atoms with E-state index in [1.54, 1.807) is 25.1 Å². The van der Waals surface area contributed by atoms with Gasteiger partial charge in [0.2, 0.25) is 5.91 Å². The maximum atomic E-state index is 11.0. The summed E-state index contributed by atoms with van der Waals surface area (Å²) in [5.74, 6) is 0.0688. The van der Waals surface area contributed by atoms with Crippen LogP contribution in [0.25, 0.3) is 0 Å². The molecular formula is C8H15NO. The summed E-state index contributed by atoms with van der Waals surface area (Å²) in [5, 5.41) is 0. The second-order valence-corrected chi connectivity index (χ2v) is 2.58. The van der Waals surface area contributed by atoms with E-state index in [4.69, 9.17) is 0 Å². The fourth-order valence-corrected chi connectivity index (χ4v) is 0.442. The van der Waals surface area contributed by atoms with E-state index in [9.17, 15) is 4.79 Å². The normalized spacial score (nSPS) is 11.4. The Bertz CT molecular complexity index is 147. The predicted molar refractivity (Wildman–Crippen MR) is 42.7 cm³/mol. The maximum absolute atomic E-state index is 11.0. The molecule has 2 heteroatoms. The summed E-state index contributed by atoms with van der Waals surface area (Å²) >= 11 is 0. The molecule has 0 rings (SSSR count). The molecule has 0 bridgehead atoms. The zero-order chi connectivity index (χ0) is 8.15. The molecule has 2 nitrogen and oxygen atoms in total. The van der Waals surface area contributed by atoms with E-state index >= 15 is 0 Å². The van der Waals surface area contributed by atoms with Crippen LogP contribution in [0.2, 0.25) is 0 Å². The predicted octanol–water partition coefficient (Wildman–Crippen LogP) is 1.43. The van der Waals surface area contributed by atoms with Gasteiger partial charge in [0.05, 0.1) is 0 Å². The number of rotatable bonds is 2. The minimum atomic E-state index is 0.0688. The molecular weight excluding hydrogens is 126 g/mol. The Morgan fingerprint density at radius 2 is 2.00 bits per heavy atom. The highest BCUT2D eigenvalue weighted by molar-refractivity contribution is 5.87. The van der Waals surface area contributed by atoms with E-state index in [0.717, 1.165) is 12.0 Å². The van der Waals surface area contributed by atoms with Crippen molar-refractivity contribution in [2.45, 2.75) is 20.3 Å². The number of carbonyl (C=O) groups excluding carboxylic acids is 1. The Kier molecular flexibility index (Phi) is 3.77. The Hall–Kier alpha value is -0.790. The van der Waals surface area contributed by atoms with Crippen LogP contribution in [-0.4, -0.2) is 24.9 Å². The molecule has 10 heavy (non-hydrogen) atoms. The highest BCUT2D eigenvalue weighted by Crippen LogP contribution is 1.97. The van der Waals surface area contributed by atoms with Crippen LogP contribution < -0.4 is 0 Å². The van der Waals surface area contributed by atoms with Gasteiger partial charge in [-0.25, -0.2) is 0 Å². The lowest BCUT2D eigenvalue weighted by Crippen LogP contribution is -2.19. The standard InChI is InChI=1S/C8H15NO/c1-5-7(2)6-8(10)9(3)4/h6H,5H2,1-4H3/b7-6-. The lowest BCUT2D eigenvalue weighted by atomic mass is 10.2. The number of allylic oxidation sites excluding steroid dienone is 1. The molecule has 0 aromatic heterocycles. The molecule has 0 aromatic carbocycles. The lowest BCUT2D eigenvalue weighted by molar-refractivity contribution is -0.123. The van der Waals surface area contributed by atoms with Crippen molar-refractivity contribution >= 4 is 5.91 Å². The average Bonchev–Trinajstić information content (AvgIpc) is 1.87. The van der Waals surface area contributed by atoms with Gasteiger partial charge in [-0.2, -0.15) is 0 Å².